The summed E-state index contributed by atoms with van der Waals surface area (Å²) in [5.41, 5.74) is 4.60. The molecule has 1 aromatic heterocycles. The molecule has 0 amide bonds. The highest BCUT2D eigenvalue weighted by Crippen LogP contribution is 2.20. The van der Waals surface area contributed by atoms with Crippen LogP contribution in [0, 0.1) is 25.2 Å². The monoisotopic (exact) mass is 208 g/mol. The van der Waals surface area contributed by atoms with Gasteiger partial charge in [0.15, 0.2) is 0 Å². The fraction of sp³-hybridized carbons (Fsp3) is 0.143. The quantitative estimate of drug-likeness (QED) is 0.721. The lowest BCUT2D eigenvalue weighted by atomic mass is 10.0. The molecule has 0 radical (unpaired) electrons. The number of benzene rings is 1. The molecular weight excluding hydrogens is 196 g/mol. The maximum atomic E-state index is 8.97. The highest BCUT2D eigenvalue weighted by Gasteiger charge is 2.03. The van der Waals surface area contributed by atoms with E-state index in [0.717, 1.165) is 22.5 Å². The number of nitrogens with zero attached hydrogens (tertiary/aromatic N) is 2. The van der Waals surface area contributed by atoms with Crippen LogP contribution in [-0.2, 0) is 0 Å². The predicted octanol–water partition coefficient (Wildman–Crippen LogP) is 3.24. The zero-order valence-electron chi connectivity index (χ0n) is 9.36. The van der Waals surface area contributed by atoms with Crippen molar-refractivity contribution in [3.8, 4) is 17.3 Å². The van der Waals surface area contributed by atoms with Gasteiger partial charge in [0.1, 0.15) is 0 Å². The largest absolute Gasteiger partial charge is 0.253 e. The molecule has 1 aromatic carbocycles. The molecule has 0 bridgehead atoms. The topological polar surface area (TPSA) is 36.7 Å². The molecule has 78 valence electrons. The normalized spacial score (nSPS) is 9.81. The van der Waals surface area contributed by atoms with Crippen molar-refractivity contribution in [3.05, 3.63) is 53.2 Å². The van der Waals surface area contributed by atoms with Crippen LogP contribution in [0.4, 0.5) is 0 Å². The van der Waals surface area contributed by atoms with Crippen LogP contribution in [-0.4, -0.2) is 4.98 Å². The minimum absolute atomic E-state index is 0.709. The zero-order chi connectivity index (χ0) is 11.5. The highest BCUT2D eigenvalue weighted by atomic mass is 14.7. The molecule has 2 nitrogen and oxygen atoms in total. The lowest BCUT2D eigenvalue weighted by molar-refractivity contribution is 1.20. The van der Waals surface area contributed by atoms with Crippen LogP contribution in [0.1, 0.15) is 16.8 Å². The van der Waals surface area contributed by atoms with Crippen LogP contribution in [0.2, 0.25) is 0 Å². The number of aromatic nitrogens is 1. The Kier molecular flexibility index (Phi) is 2.70. The maximum absolute atomic E-state index is 8.97. The Hall–Kier alpha value is -2.14. The molecule has 1 heterocycles. The third-order valence-corrected chi connectivity index (χ3v) is 2.54. The second-order valence-electron chi connectivity index (χ2n) is 3.81. The van der Waals surface area contributed by atoms with Gasteiger partial charge in [-0.15, -0.1) is 0 Å². The second kappa shape index (κ2) is 4.16. The molecule has 0 aliphatic rings. The third-order valence-electron chi connectivity index (χ3n) is 2.54. The van der Waals surface area contributed by atoms with E-state index >= 15 is 0 Å². The molecule has 0 N–H and O–H groups in total. The Labute approximate surface area is 95.2 Å². The summed E-state index contributed by atoms with van der Waals surface area (Å²) in [6, 6.07) is 13.9. The van der Waals surface area contributed by atoms with Gasteiger partial charge in [-0.25, -0.2) is 0 Å². The predicted molar refractivity (Wildman–Crippen MR) is 63.9 cm³/mol. The molecular formula is C14H12N2. The summed E-state index contributed by atoms with van der Waals surface area (Å²) in [6.45, 7) is 3.90. The summed E-state index contributed by atoms with van der Waals surface area (Å²) in [4.78, 5) is 4.44. The Morgan fingerprint density at radius 1 is 1.12 bits per heavy atom. The molecule has 0 aliphatic carbocycles. The van der Waals surface area contributed by atoms with Crippen LogP contribution >= 0.6 is 0 Å². The fourth-order valence-electron chi connectivity index (χ4n) is 1.61. The van der Waals surface area contributed by atoms with Crippen LogP contribution in [0.5, 0.6) is 0 Å². The summed E-state index contributed by atoms with van der Waals surface area (Å²) in [5, 5.41) is 8.97. The molecule has 2 aromatic rings. The molecule has 0 unspecified atom stereocenters. The first-order valence-electron chi connectivity index (χ1n) is 5.15. The summed E-state index contributed by atoms with van der Waals surface area (Å²) >= 11 is 0. The highest BCUT2D eigenvalue weighted by molar-refractivity contribution is 5.62. The number of rotatable bonds is 1. The van der Waals surface area contributed by atoms with Gasteiger partial charge in [-0.05, 0) is 37.6 Å². The Balaban J connectivity index is 2.54. The molecule has 0 saturated heterocycles. The fourth-order valence-corrected chi connectivity index (χ4v) is 1.61. The first kappa shape index (κ1) is 10.4. The van der Waals surface area contributed by atoms with E-state index in [4.69, 9.17) is 5.26 Å². The van der Waals surface area contributed by atoms with Crippen molar-refractivity contribution in [2.75, 3.05) is 0 Å². The van der Waals surface area contributed by atoms with Crippen LogP contribution in [0.3, 0.4) is 0 Å². The van der Waals surface area contributed by atoms with Crippen LogP contribution < -0.4 is 0 Å². The molecule has 0 fully saturated rings. The van der Waals surface area contributed by atoms with E-state index in [9.17, 15) is 0 Å². The van der Waals surface area contributed by atoms with Gasteiger partial charge in [-0.1, -0.05) is 18.2 Å². The van der Waals surface area contributed by atoms with Gasteiger partial charge in [0.25, 0.3) is 0 Å². The van der Waals surface area contributed by atoms with Crippen molar-refractivity contribution in [3.63, 3.8) is 0 Å². The smallest absolute Gasteiger partial charge is 0.0994 e. The van der Waals surface area contributed by atoms with Crippen molar-refractivity contribution < 1.29 is 0 Å². The molecule has 0 atom stereocenters. The zero-order valence-corrected chi connectivity index (χ0v) is 9.36. The summed E-state index contributed by atoms with van der Waals surface area (Å²) in [6.07, 6.45) is 0. The first-order valence-corrected chi connectivity index (χ1v) is 5.15. The first-order chi connectivity index (χ1) is 7.70. The van der Waals surface area contributed by atoms with Gasteiger partial charge >= 0.3 is 0 Å². The molecule has 0 spiro atoms. The number of aryl methyl sites for hydroxylation is 2. The molecule has 0 aliphatic heterocycles. The van der Waals surface area contributed by atoms with E-state index in [1.807, 2.05) is 50.2 Å². The molecule has 0 saturated carbocycles. The Bertz CT molecular complexity index is 565. The van der Waals surface area contributed by atoms with Gasteiger partial charge in [0, 0.05) is 11.3 Å². The SMILES string of the molecule is Cc1cccc(-c2ccc(C)c(C#N)c2)n1. The van der Waals surface area contributed by atoms with E-state index in [2.05, 4.69) is 11.1 Å². The summed E-state index contributed by atoms with van der Waals surface area (Å²) in [7, 11) is 0. The molecule has 2 heteroatoms. The van der Waals surface area contributed by atoms with E-state index in [1.165, 1.54) is 0 Å². The number of nitriles is 1. The number of pyridine rings is 1. The summed E-state index contributed by atoms with van der Waals surface area (Å²) < 4.78 is 0. The van der Waals surface area contributed by atoms with Gasteiger partial charge in [0.2, 0.25) is 0 Å². The number of hydrogen-bond donors (Lipinski definition) is 0. The Morgan fingerprint density at radius 3 is 2.62 bits per heavy atom. The third kappa shape index (κ3) is 1.94. The van der Waals surface area contributed by atoms with E-state index in [0.29, 0.717) is 5.56 Å². The van der Waals surface area contributed by atoms with Crippen LogP contribution in [0.15, 0.2) is 36.4 Å². The van der Waals surface area contributed by atoms with Gasteiger partial charge in [-0.3, -0.25) is 4.98 Å². The average Bonchev–Trinajstić information content (AvgIpc) is 2.29. The maximum Gasteiger partial charge on any atom is 0.0994 e. The van der Waals surface area contributed by atoms with Crippen molar-refractivity contribution in [2.45, 2.75) is 13.8 Å². The lowest BCUT2D eigenvalue weighted by Gasteiger charge is -2.04. The van der Waals surface area contributed by atoms with Crippen molar-refractivity contribution in [1.29, 1.82) is 5.26 Å². The Morgan fingerprint density at radius 2 is 1.94 bits per heavy atom. The van der Waals surface area contributed by atoms with Gasteiger partial charge in [-0.2, -0.15) is 5.26 Å². The summed E-state index contributed by atoms with van der Waals surface area (Å²) in [5.74, 6) is 0. The van der Waals surface area contributed by atoms with E-state index in [1.54, 1.807) is 0 Å². The van der Waals surface area contributed by atoms with Crippen LogP contribution in [0.25, 0.3) is 11.3 Å². The van der Waals surface area contributed by atoms with E-state index in [-0.39, 0.29) is 0 Å². The van der Waals surface area contributed by atoms with E-state index < -0.39 is 0 Å². The van der Waals surface area contributed by atoms with Crippen molar-refractivity contribution in [1.82, 2.24) is 4.98 Å². The number of hydrogen-bond acceptors (Lipinski definition) is 2. The van der Waals surface area contributed by atoms with Gasteiger partial charge < -0.3 is 0 Å². The minimum atomic E-state index is 0.709. The molecule has 16 heavy (non-hydrogen) atoms. The average molecular weight is 208 g/mol. The molecule has 2 rings (SSSR count). The standard InChI is InChI=1S/C14H12N2/c1-10-6-7-12(8-13(10)9-15)14-5-3-4-11(2)16-14/h3-8H,1-2H3. The lowest BCUT2D eigenvalue weighted by Crippen LogP contribution is -1.88. The minimum Gasteiger partial charge on any atom is -0.253 e. The van der Waals surface area contributed by atoms with Gasteiger partial charge in [0.05, 0.1) is 17.3 Å². The van der Waals surface area contributed by atoms with Crippen molar-refractivity contribution >= 4 is 0 Å². The van der Waals surface area contributed by atoms with Crippen molar-refractivity contribution in [2.24, 2.45) is 0 Å². The second-order valence-corrected chi connectivity index (χ2v) is 3.81.